The third kappa shape index (κ3) is 2.84. The van der Waals surface area contributed by atoms with Crippen LogP contribution in [0.4, 0.5) is 13.2 Å². The summed E-state index contributed by atoms with van der Waals surface area (Å²) in [4.78, 5) is 15.2. The second kappa shape index (κ2) is 5.57. The molecule has 1 aromatic carbocycles. The molecule has 0 saturated carbocycles. The number of fused-ring (bicyclic) bond motifs is 1. The molecule has 1 saturated heterocycles. The summed E-state index contributed by atoms with van der Waals surface area (Å²) in [5.74, 6) is -0.399. The molecule has 3 nitrogen and oxygen atoms in total. The fourth-order valence-corrected chi connectivity index (χ4v) is 3.65. The van der Waals surface area contributed by atoms with Crippen LogP contribution >= 0.6 is 0 Å². The number of likely N-dealkylation sites (tertiary alicyclic amines) is 1. The fraction of sp³-hybridized carbons (Fsp3) is 0.562. The van der Waals surface area contributed by atoms with Gasteiger partial charge in [-0.15, -0.1) is 0 Å². The quantitative estimate of drug-likeness (QED) is 0.857. The average Bonchev–Trinajstić information content (AvgIpc) is 3.02. The summed E-state index contributed by atoms with van der Waals surface area (Å²) in [6.07, 6.45) is -2.00. The predicted octanol–water partition coefficient (Wildman–Crippen LogP) is 2.77. The van der Waals surface area contributed by atoms with Crippen LogP contribution in [-0.4, -0.2) is 48.1 Å². The van der Waals surface area contributed by atoms with E-state index in [-0.39, 0.29) is 12.6 Å². The van der Waals surface area contributed by atoms with Crippen molar-refractivity contribution in [3.63, 3.8) is 0 Å². The largest absolute Gasteiger partial charge is 0.406 e. The maximum atomic E-state index is 12.5. The predicted molar refractivity (Wildman–Crippen MR) is 76.3 cm³/mol. The Kier molecular flexibility index (Phi) is 3.89. The van der Waals surface area contributed by atoms with E-state index in [9.17, 15) is 18.0 Å². The zero-order valence-corrected chi connectivity index (χ0v) is 12.4. The lowest BCUT2D eigenvalue weighted by molar-refractivity contribution is -0.159. The Morgan fingerprint density at radius 1 is 1.23 bits per heavy atom. The van der Waals surface area contributed by atoms with Crippen LogP contribution in [0, 0.1) is 0 Å². The number of aryl methyl sites for hydroxylation is 1. The highest BCUT2D eigenvalue weighted by molar-refractivity contribution is 5.84. The van der Waals surface area contributed by atoms with Gasteiger partial charge in [0.2, 0.25) is 5.91 Å². The van der Waals surface area contributed by atoms with E-state index in [4.69, 9.17) is 0 Å². The van der Waals surface area contributed by atoms with E-state index < -0.39 is 24.7 Å². The number of nitrogens with zero attached hydrogens (tertiary/aromatic N) is 2. The van der Waals surface area contributed by atoms with Gasteiger partial charge < -0.3 is 4.90 Å². The second-order valence-electron chi connectivity index (χ2n) is 6.10. The molecule has 120 valence electrons. The van der Waals surface area contributed by atoms with Gasteiger partial charge in [0.15, 0.2) is 0 Å². The summed E-state index contributed by atoms with van der Waals surface area (Å²) in [5.41, 5.74) is 2.48. The Labute approximate surface area is 127 Å². The van der Waals surface area contributed by atoms with E-state index in [1.54, 1.807) is 0 Å². The summed E-state index contributed by atoms with van der Waals surface area (Å²) in [6.45, 7) is -0.959. The van der Waals surface area contributed by atoms with Crippen LogP contribution in [0.1, 0.15) is 30.0 Å². The van der Waals surface area contributed by atoms with Crippen LogP contribution in [0.25, 0.3) is 0 Å². The van der Waals surface area contributed by atoms with E-state index in [0.29, 0.717) is 6.42 Å². The van der Waals surface area contributed by atoms with Crippen LogP contribution in [-0.2, 0) is 11.2 Å². The first-order chi connectivity index (χ1) is 10.4. The highest BCUT2D eigenvalue weighted by Gasteiger charge is 2.42. The summed E-state index contributed by atoms with van der Waals surface area (Å²) in [5, 5.41) is 0. The van der Waals surface area contributed by atoms with Crippen molar-refractivity contribution in [1.29, 1.82) is 0 Å². The molecule has 1 amide bonds. The Balaban J connectivity index is 1.72. The normalized spacial score (nSPS) is 25.1. The monoisotopic (exact) mass is 312 g/mol. The van der Waals surface area contributed by atoms with Crippen LogP contribution in [0.5, 0.6) is 0 Å². The number of halogens is 3. The standard InChI is InChI=1S/C16H19F3N2O/c1-20(13-7-6-11-4-2-3-5-12(11)13)14-8-9-21(15(14)22)10-16(17,18)19/h2-5,13-14H,6-10H2,1H3. The molecule has 1 aliphatic carbocycles. The third-order valence-electron chi connectivity index (χ3n) is 4.72. The van der Waals surface area contributed by atoms with Gasteiger partial charge in [-0.25, -0.2) is 0 Å². The molecule has 3 rings (SSSR count). The van der Waals surface area contributed by atoms with Crippen LogP contribution in [0.2, 0.25) is 0 Å². The molecule has 0 N–H and O–H groups in total. The molecule has 1 aliphatic heterocycles. The fourth-order valence-electron chi connectivity index (χ4n) is 3.65. The van der Waals surface area contributed by atoms with Crippen molar-refractivity contribution in [3.8, 4) is 0 Å². The van der Waals surface area contributed by atoms with E-state index in [1.807, 2.05) is 24.1 Å². The number of carbonyl (C=O) groups is 1. The lowest BCUT2D eigenvalue weighted by atomic mass is 10.1. The number of likely N-dealkylation sites (N-methyl/N-ethyl adjacent to an activating group) is 1. The van der Waals surface area contributed by atoms with E-state index in [0.717, 1.165) is 17.7 Å². The zero-order chi connectivity index (χ0) is 15.9. The van der Waals surface area contributed by atoms with Crippen LogP contribution < -0.4 is 0 Å². The summed E-state index contributed by atoms with van der Waals surface area (Å²) >= 11 is 0. The Morgan fingerprint density at radius 2 is 1.95 bits per heavy atom. The first kappa shape index (κ1) is 15.3. The molecular weight excluding hydrogens is 293 g/mol. The van der Waals surface area contributed by atoms with Gasteiger partial charge in [0.05, 0.1) is 6.04 Å². The lowest BCUT2D eigenvalue weighted by Gasteiger charge is -2.30. The van der Waals surface area contributed by atoms with Gasteiger partial charge in [-0.2, -0.15) is 13.2 Å². The topological polar surface area (TPSA) is 23.6 Å². The third-order valence-corrected chi connectivity index (χ3v) is 4.72. The molecule has 6 heteroatoms. The summed E-state index contributed by atoms with van der Waals surface area (Å²) in [6, 6.07) is 7.77. The summed E-state index contributed by atoms with van der Waals surface area (Å²) < 4.78 is 37.5. The minimum atomic E-state index is -4.33. The van der Waals surface area contributed by atoms with Gasteiger partial charge in [-0.3, -0.25) is 9.69 Å². The van der Waals surface area contributed by atoms with Gasteiger partial charge in [0.25, 0.3) is 0 Å². The molecule has 0 spiro atoms. The minimum absolute atomic E-state index is 0.121. The number of amides is 1. The molecule has 22 heavy (non-hydrogen) atoms. The number of benzene rings is 1. The molecule has 2 atom stereocenters. The van der Waals surface area contributed by atoms with Crippen molar-refractivity contribution in [2.45, 2.75) is 37.5 Å². The van der Waals surface area contributed by atoms with Gasteiger partial charge in [-0.05, 0) is 37.4 Å². The van der Waals surface area contributed by atoms with Crippen LogP contribution in [0.15, 0.2) is 24.3 Å². The van der Waals surface area contributed by atoms with Crippen molar-refractivity contribution in [2.24, 2.45) is 0 Å². The van der Waals surface area contributed by atoms with Gasteiger partial charge in [-0.1, -0.05) is 24.3 Å². The average molecular weight is 312 g/mol. The Morgan fingerprint density at radius 3 is 2.68 bits per heavy atom. The summed E-state index contributed by atoms with van der Waals surface area (Å²) in [7, 11) is 1.85. The maximum Gasteiger partial charge on any atom is 0.406 e. The van der Waals surface area contributed by atoms with Gasteiger partial charge in [0.1, 0.15) is 6.54 Å². The zero-order valence-electron chi connectivity index (χ0n) is 12.4. The number of hydrogen-bond donors (Lipinski definition) is 0. The molecule has 1 fully saturated rings. The van der Waals surface area contributed by atoms with Crippen molar-refractivity contribution in [1.82, 2.24) is 9.80 Å². The maximum absolute atomic E-state index is 12.5. The lowest BCUT2D eigenvalue weighted by Crippen LogP contribution is -2.43. The first-order valence-electron chi connectivity index (χ1n) is 7.52. The van der Waals surface area contributed by atoms with Crippen molar-refractivity contribution in [3.05, 3.63) is 35.4 Å². The van der Waals surface area contributed by atoms with Crippen molar-refractivity contribution in [2.75, 3.05) is 20.1 Å². The van der Waals surface area contributed by atoms with Gasteiger partial charge in [0, 0.05) is 12.6 Å². The van der Waals surface area contributed by atoms with Gasteiger partial charge >= 0.3 is 6.18 Å². The molecule has 2 aliphatic rings. The molecule has 0 aromatic heterocycles. The molecule has 0 radical (unpaired) electrons. The molecule has 1 aromatic rings. The number of carbonyl (C=O) groups excluding carboxylic acids is 1. The second-order valence-corrected chi connectivity index (χ2v) is 6.10. The number of hydrogen-bond acceptors (Lipinski definition) is 2. The van der Waals surface area contributed by atoms with E-state index >= 15 is 0 Å². The SMILES string of the molecule is CN(C1CCN(CC(F)(F)F)C1=O)C1CCc2ccccc21. The molecule has 0 bridgehead atoms. The van der Waals surface area contributed by atoms with Crippen LogP contribution in [0.3, 0.4) is 0 Å². The molecular formula is C16H19F3N2O. The number of alkyl halides is 3. The Hall–Kier alpha value is -1.56. The molecule has 2 unspecified atom stereocenters. The first-order valence-corrected chi connectivity index (χ1v) is 7.52. The smallest absolute Gasteiger partial charge is 0.332 e. The van der Waals surface area contributed by atoms with Crippen molar-refractivity contribution < 1.29 is 18.0 Å². The minimum Gasteiger partial charge on any atom is -0.332 e. The highest BCUT2D eigenvalue weighted by Crippen LogP contribution is 2.37. The van der Waals surface area contributed by atoms with E-state index in [2.05, 4.69) is 12.1 Å². The Bertz CT molecular complexity index is 573. The molecule has 1 heterocycles. The van der Waals surface area contributed by atoms with Crippen molar-refractivity contribution >= 4 is 5.91 Å². The number of rotatable bonds is 3. The highest BCUT2D eigenvalue weighted by atomic mass is 19.4. The van der Waals surface area contributed by atoms with E-state index in [1.165, 1.54) is 11.1 Å².